The van der Waals surface area contributed by atoms with Gasteiger partial charge >= 0.3 is 11.9 Å². The van der Waals surface area contributed by atoms with Crippen molar-refractivity contribution in [3.8, 4) is 0 Å². The second-order valence-corrected chi connectivity index (χ2v) is 9.11. The molecule has 1 rings (SSSR count). The molecule has 0 heterocycles. The minimum Gasteiger partial charge on any atom is -0.462 e. The van der Waals surface area contributed by atoms with Crippen LogP contribution in [0.5, 0.6) is 0 Å². The molecule has 0 spiro atoms. The number of aliphatic hydroxyl groups excluding tert-OH is 4. The molecule has 8 nitrogen and oxygen atoms in total. The summed E-state index contributed by atoms with van der Waals surface area (Å²) in [6, 6.07) is 0. The molecule has 0 amide bonds. The molecule has 4 N–H and O–H groups in total. The number of carbonyl (C=O) groups is 2. The Morgan fingerprint density at radius 3 is 2.45 bits per heavy atom. The van der Waals surface area contributed by atoms with Crippen LogP contribution in [0.1, 0.15) is 84.5 Å². The van der Waals surface area contributed by atoms with Gasteiger partial charge in [-0.05, 0) is 25.2 Å². The van der Waals surface area contributed by atoms with Crippen molar-refractivity contribution in [1.82, 2.24) is 0 Å². The highest BCUT2D eigenvalue weighted by atomic mass is 16.6. The molecule has 192 valence electrons. The Morgan fingerprint density at radius 1 is 1.06 bits per heavy atom. The molecule has 0 bridgehead atoms. The summed E-state index contributed by atoms with van der Waals surface area (Å²) in [5.41, 5.74) is 0. The summed E-state index contributed by atoms with van der Waals surface area (Å²) in [5.74, 6) is -1.11. The van der Waals surface area contributed by atoms with Gasteiger partial charge in [-0.2, -0.15) is 0 Å². The number of carbonyl (C=O) groups excluding carboxylic acids is 2. The number of ether oxygens (including phenoxy) is 2. The van der Waals surface area contributed by atoms with Crippen LogP contribution in [0.3, 0.4) is 0 Å². The molecule has 1 saturated carbocycles. The third-order valence-electron chi connectivity index (χ3n) is 6.22. The normalized spacial score (nSPS) is 24.7. The van der Waals surface area contributed by atoms with Gasteiger partial charge in [-0.15, -0.1) is 0 Å². The van der Waals surface area contributed by atoms with Crippen molar-refractivity contribution in [2.45, 2.75) is 109 Å². The number of hydrogen-bond acceptors (Lipinski definition) is 8. The third-order valence-corrected chi connectivity index (χ3v) is 6.22. The summed E-state index contributed by atoms with van der Waals surface area (Å²) in [5, 5.41) is 40.0. The lowest BCUT2D eigenvalue weighted by Gasteiger charge is -2.21. The lowest BCUT2D eigenvalue weighted by atomic mass is 9.88. The van der Waals surface area contributed by atoms with Crippen molar-refractivity contribution in [3.05, 3.63) is 12.2 Å². The molecule has 0 aromatic rings. The SMILES string of the molecule is CCCCC[C@H](O)/C=C/[C@@H]1[C@@H](CCCCCCC(=O)O[C@@H](CO)COC(C)=O)[C@@H](O)C[C@H]1O. The molecular weight excluding hydrogens is 428 g/mol. The van der Waals surface area contributed by atoms with Crippen LogP contribution >= 0.6 is 0 Å². The number of aliphatic hydroxyl groups is 4. The highest BCUT2D eigenvalue weighted by molar-refractivity contribution is 5.69. The molecule has 33 heavy (non-hydrogen) atoms. The maximum atomic E-state index is 11.9. The van der Waals surface area contributed by atoms with Crippen molar-refractivity contribution in [3.63, 3.8) is 0 Å². The first kappa shape index (κ1) is 29.6. The molecule has 0 unspecified atom stereocenters. The van der Waals surface area contributed by atoms with E-state index in [-0.39, 0.29) is 24.9 Å². The first-order chi connectivity index (χ1) is 15.8. The van der Waals surface area contributed by atoms with Crippen LogP contribution in [0.2, 0.25) is 0 Å². The van der Waals surface area contributed by atoms with Crippen LogP contribution in [-0.2, 0) is 19.1 Å². The van der Waals surface area contributed by atoms with Crippen LogP contribution in [0.25, 0.3) is 0 Å². The molecule has 0 saturated heterocycles. The van der Waals surface area contributed by atoms with Crippen molar-refractivity contribution in [2.24, 2.45) is 11.8 Å². The van der Waals surface area contributed by atoms with Gasteiger partial charge in [-0.1, -0.05) is 57.6 Å². The van der Waals surface area contributed by atoms with E-state index in [1.807, 2.05) is 6.08 Å². The summed E-state index contributed by atoms with van der Waals surface area (Å²) in [7, 11) is 0. The van der Waals surface area contributed by atoms with Crippen LogP contribution in [-0.4, -0.2) is 70.0 Å². The monoisotopic (exact) mass is 472 g/mol. The van der Waals surface area contributed by atoms with E-state index in [2.05, 4.69) is 6.92 Å². The molecule has 0 aliphatic heterocycles. The smallest absolute Gasteiger partial charge is 0.306 e. The van der Waals surface area contributed by atoms with Crippen LogP contribution in [0.15, 0.2) is 12.2 Å². The predicted octanol–water partition coefficient (Wildman–Crippen LogP) is 2.65. The second kappa shape index (κ2) is 17.0. The zero-order valence-corrected chi connectivity index (χ0v) is 20.2. The average Bonchev–Trinajstić information content (AvgIpc) is 3.04. The van der Waals surface area contributed by atoms with E-state index in [4.69, 9.17) is 9.47 Å². The third kappa shape index (κ3) is 12.5. The largest absolute Gasteiger partial charge is 0.462 e. The number of esters is 2. The number of unbranched alkanes of at least 4 members (excludes halogenated alkanes) is 5. The Bertz CT molecular complexity index is 579. The van der Waals surface area contributed by atoms with Gasteiger partial charge in [0.15, 0.2) is 6.10 Å². The van der Waals surface area contributed by atoms with E-state index >= 15 is 0 Å². The fourth-order valence-corrected chi connectivity index (χ4v) is 4.32. The quantitative estimate of drug-likeness (QED) is 0.144. The topological polar surface area (TPSA) is 134 Å². The minimum atomic E-state index is -0.841. The standard InChI is InChI=1S/C25H44O8/c1-3-4-7-10-19(28)13-14-22-21(23(29)15-24(22)30)11-8-5-6-9-12-25(31)33-20(16-26)17-32-18(2)27/h13-14,19-24,26,28-30H,3-12,15-17H2,1-2H3/b14-13+/t19-,20-,21+,22+,23-,24+/m0/s1. The Morgan fingerprint density at radius 2 is 1.79 bits per heavy atom. The van der Waals surface area contributed by atoms with E-state index in [9.17, 15) is 30.0 Å². The van der Waals surface area contributed by atoms with Gasteiger partial charge < -0.3 is 29.9 Å². The summed E-state index contributed by atoms with van der Waals surface area (Å²) < 4.78 is 9.85. The van der Waals surface area contributed by atoms with Crippen LogP contribution in [0.4, 0.5) is 0 Å². The van der Waals surface area contributed by atoms with Gasteiger partial charge in [0.25, 0.3) is 0 Å². The Hall–Kier alpha value is -1.48. The van der Waals surface area contributed by atoms with Crippen LogP contribution < -0.4 is 0 Å². The predicted molar refractivity (Wildman–Crippen MR) is 124 cm³/mol. The first-order valence-electron chi connectivity index (χ1n) is 12.4. The van der Waals surface area contributed by atoms with E-state index < -0.39 is 43.0 Å². The van der Waals surface area contributed by atoms with Gasteiger partial charge in [-0.25, -0.2) is 0 Å². The molecule has 0 aromatic carbocycles. The highest BCUT2D eigenvalue weighted by Crippen LogP contribution is 2.37. The molecular formula is C25H44O8. The molecule has 0 radical (unpaired) electrons. The summed E-state index contributed by atoms with van der Waals surface area (Å²) >= 11 is 0. The molecule has 0 aromatic heterocycles. The van der Waals surface area contributed by atoms with Gasteiger partial charge in [0.1, 0.15) is 6.61 Å². The van der Waals surface area contributed by atoms with Crippen molar-refractivity contribution in [2.75, 3.05) is 13.2 Å². The van der Waals surface area contributed by atoms with Crippen LogP contribution in [0, 0.1) is 11.8 Å². The molecule has 1 fully saturated rings. The zero-order valence-electron chi connectivity index (χ0n) is 20.2. The zero-order chi connectivity index (χ0) is 24.6. The Balaban J connectivity index is 2.29. The number of hydrogen-bond donors (Lipinski definition) is 4. The number of rotatable bonds is 17. The molecule has 1 aliphatic carbocycles. The molecule has 8 heteroatoms. The van der Waals surface area contributed by atoms with Crippen molar-refractivity contribution < 1.29 is 39.5 Å². The lowest BCUT2D eigenvalue weighted by molar-refractivity contribution is -0.160. The van der Waals surface area contributed by atoms with Gasteiger partial charge in [0.2, 0.25) is 0 Å². The fourth-order valence-electron chi connectivity index (χ4n) is 4.32. The summed E-state index contributed by atoms with van der Waals surface area (Å²) in [4.78, 5) is 22.7. The molecule has 1 aliphatic rings. The second-order valence-electron chi connectivity index (χ2n) is 9.11. The van der Waals surface area contributed by atoms with E-state index in [1.54, 1.807) is 6.08 Å². The maximum absolute atomic E-state index is 11.9. The maximum Gasteiger partial charge on any atom is 0.306 e. The summed E-state index contributed by atoms with van der Waals surface area (Å²) in [6.07, 6.45) is 9.63. The fraction of sp³-hybridized carbons (Fsp3) is 0.840. The Labute approximate surface area is 198 Å². The van der Waals surface area contributed by atoms with Crippen molar-refractivity contribution >= 4 is 11.9 Å². The highest BCUT2D eigenvalue weighted by Gasteiger charge is 2.39. The lowest BCUT2D eigenvalue weighted by Crippen LogP contribution is -2.28. The first-order valence-corrected chi connectivity index (χ1v) is 12.4. The van der Waals surface area contributed by atoms with Gasteiger partial charge in [-0.3, -0.25) is 9.59 Å². The molecule has 6 atom stereocenters. The van der Waals surface area contributed by atoms with E-state index in [0.717, 1.165) is 44.9 Å². The summed E-state index contributed by atoms with van der Waals surface area (Å²) in [6.45, 7) is 2.81. The average molecular weight is 473 g/mol. The van der Waals surface area contributed by atoms with Gasteiger partial charge in [0, 0.05) is 25.7 Å². The van der Waals surface area contributed by atoms with Crippen molar-refractivity contribution in [1.29, 1.82) is 0 Å². The van der Waals surface area contributed by atoms with E-state index in [1.165, 1.54) is 6.92 Å². The van der Waals surface area contributed by atoms with Gasteiger partial charge in [0.05, 0.1) is 24.9 Å². The van der Waals surface area contributed by atoms with E-state index in [0.29, 0.717) is 19.3 Å². The minimum absolute atomic E-state index is 0.0318. The Kier molecular flexibility index (Phi) is 15.2.